The fraction of sp³-hybridized carbons (Fsp3) is 0.455. The van der Waals surface area contributed by atoms with E-state index in [1.165, 1.54) is 0 Å². The minimum absolute atomic E-state index is 0. The first kappa shape index (κ1) is 24.2. The molecule has 2 heterocycles. The minimum atomic E-state index is -1.08. The van der Waals surface area contributed by atoms with Crippen molar-refractivity contribution in [2.24, 2.45) is 4.99 Å². The topological polar surface area (TPSA) is 98.5 Å². The highest BCUT2D eigenvalue weighted by atomic mass is 127. The Balaban J connectivity index is 0.00000320. The number of aromatic amines is 1. The fourth-order valence-corrected chi connectivity index (χ4v) is 3.41. The van der Waals surface area contributed by atoms with E-state index in [1.54, 1.807) is 6.92 Å². The molecule has 1 aromatic carbocycles. The Morgan fingerprint density at radius 3 is 2.70 bits per heavy atom. The number of rotatable bonds is 8. The molecule has 0 radical (unpaired) electrons. The third kappa shape index (κ3) is 6.21. The van der Waals surface area contributed by atoms with Crippen LogP contribution in [0.5, 0.6) is 0 Å². The maximum Gasteiger partial charge on any atom is 0.191 e. The zero-order valence-corrected chi connectivity index (χ0v) is 20.4. The van der Waals surface area contributed by atoms with Gasteiger partial charge in [-0.1, -0.05) is 12.1 Å². The molecule has 0 bridgehead atoms. The first-order chi connectivity index (χ1) is 13.9. The number of H-pyrrole nitrogens is 1. The Kier molecular flexibility index (Phi) is 8.72. The number of aryl methyl sites for hydroxylation is 3. The summed E-state index contributed by atoms with van der Waals surface area (Å²) in [7, 11) is 0. The Labute approximate surface area is 194 Å². The lowest BCUT2D eigenvalue weighted by Crippen LogP contribution is -2.39. The standard InChI is InChI=1S/C22H31N5O2.HI/c1-5-23-21(25-14-22(4,28)17-13-15(2)29-16(17)3)24-12-8-11-20-26-18-9-6-7-10-19(18)27-20;/h6-7,9-10,13,28H,5,8,11-12,14H2,1-4H3,(H,26,27)(H2,23,24,25);1H. The molecule has 1 unspecified atom stereocenters. The summed E-state index contributed by atoms with van der Waals surface area (Å²) in [5, 5.41) is 17.4. The van der Waals surface area contributed by atoms with E-state index in [0.29, 0.717) is 5.96 Å². The van der Waals surface area contributed by atoms with E-state index in [-0.39, 0.29) is 30.5 Å². The van der Waals surface area contributed by atoms with Crippen LogP contribution in [0.25, 0.3) is 11.0 Å². The largest absolute Gasteiger partial charge is 0.466 e. The Hall–Kier alpha value is -2.07. The van der Waals surface area contributed by atoms with E-state index < -0.39 is 5.60 Å². The lowest BCUT2D eigenvalue weighted by Gasteiger charge is -2.21. The molecule has 0 aliphatic carbocycles. The number of aliphatic hydroxyl groups is 1. The summed E-state index contributed by atoms with van der Waals surface area (Å²) in [6.07, 6.45) is 1.77. The van der Waals surface area contributed by atoms with E-state index in [0.717, 1.165) is 59.9 Å². The molecule has 2 aromatic heterocycles. The molecule has 0 aliphatic heterocycles. The third-order valence-corrected chi connectivity index (χ3v) is 4.83. The van der Waals surface area contributed by atoms with E-state index in [4.69, 9.17) is 4.42 Å². The second-order valence-corrected chi connectivity index (χ2v) is 7.53. The third-order valence-electron chi connectivity index (χ3n) is 4.83. The van der Waals surface area contributed by atoms with Crippen LogP contribution in [-0.4, -0.2) is 40.7 Å². The lowest BCUT2D eigenvalue weighted by molar-refractivity contribution is 0.0657. The molecule has 0 fully saturated rings. The van der Waals surface area contributed by atoms with Gasteiger partial charge in [0.2, 0.25) is 0 Å². The number of benzene rings is 1. The number of aromatic nitrogens is 2. The molecule has 0 aliphatic rings. The number of guanidine groups is 1. The van der Waals surface area contributed by atoms with Crippen LogP contribution in [0, 0.1) is 13.8 Å². The Morgan fingerprint density at radius 2 is 2.03 bits per heavy atom. The second-order valence-electron chi connectivity index (χ2n) is 7.53. The van der Waals surface area contributed by atoms with Gasteiger partial charge in [-0.05, 0) is 52.3 Å². The number of imidazole rings is 1. The number of aliphatic imine (C=N–C) groups is 1. The van der Waals surface area contributed by atoms with Crippen molar-refractivity contribution >= 4 is 41.0 Å². The molecule has 1 atom stereocenters. The smallest absolute Gasteiger partial charge is 0.191 e. The van der Waals surface area contributed by atoms with Crippen LogP contribution >= 0.6 is 24.0 Å². The van der Waals surface area contributed by atoms with Gasteiger partial charge in [-0.2, -0.15) is 0 Å². The highest BCUT2D eigenvalue weighted by Gasteiger charge is 2.27. The number of halogens is 1. The van der Waals surface area contributed by atoms with Gasteiger partial charge in [0.1, 0.15) is 22.9 Å². The minimum Gasteiger partial charge on any atom is -0.466 e. The molecule has 0 spiro atoms. The van der Waals surface area contributed by atoms with Crippen LogP contribution in [0.4, 0.5) is 0 Å². The Bertz CT molecular complexity index is 944. The molecule has 0 amide bonds. The predicted molar refractivity (Wildman–Crippen MR) is 132 cm³/mol. The lowest BCUT2D eigenvalue weighted by atomic mass is 9.96. The fourth-order valence-electron chi connectivity index (χ4n) is 3.41. The first-order valence-corrected chi connectivity index (χ1v) is 10.1. The average molecular weight is 525 g/mol. The number of furan rings is 1. The molecule has 4 N–H and O–H groups in total. The summed E-state index contributed by atoms with van der Waals surface area (Å²) >= 11 is 0. The quantitative estimate of drug-likeness (QED) is 0.155. The maximum atomic E-state index is 10.9. The summed E-state index contributed by atoms with van der Waals surface area (Å²) in [5.74, 6) is 3.20. The number of para-hydroxylation sites is 2. The maximum absolute atomic E-state index is 10.9. The second kappa shape index (κ2) is 10.8. The van der Waals surface area contributed by atoms with E-state index in [1.807, 2.05) is 51.1 Å². The van der Waals surface area contributed by atoms with Crippen molar-refractivity contribution in [3.63, 3.8) is 0 Å². The van der Waals surface area contributed by atoms with Gasteiger partial charge in [0.05, 0.1) is 17.6 Å². The van der Waals surface area contributed by atoms with Gasteiger partial charge >= 0.3 is 0 Å². The van der Waals surface area contributed by atoms with Crippen molar-refractivity contribution in [1.29, 1.82) is 0 Å². The summed E-state index contributed by atoms with van der Waals surface area (Å²) in [6, 6.07) is 9.92. The average Bonchev–Trinajstić information content (AvgIpc) is 3.25. The highest BCUT2D eigenvalue weighted by molar-refractivity contribution is 14.0. The molecular formula is C22H32IN5O2. The van der Waals surface area contributed by atoms with Gasteiger partial charge in [0.25, 0.3) is 0 Å². The summed E-state index contributed by atoms with van der Waals surface area (Å²) in [6.45, 7) is 9.28. The van der Waals surface area contributed by atoms with Crippen molar-refractivity contribution in [3.05, 3.63) is 53.2 Å². The van der Waals surface area contributed by atoms with Crippen molar-refractivity contribution in [1.82, 2.24) is 20.6 Å². The van der Waals surface area contributed by atoms with Crippen molar-refractivity contribution in [2.75, 3.05) is 19.6 Å². The van der Waals surface area contributed by atoms with Crippen LogP contribution in [0.1, 0.15) is 43.2 Å². The molecule has 3 aromatic rings. The number of hydrogen-bond acceptors (Lipinski definition) is 4. The van der Waals surface area contributed by atoms with Crippen molar-refractivity contribution in [2.45, 2.75) is 46.1 Å². The van der Waals surface area contributed by atoms with Crippen LogP contribution in [0.3, 0.4) is 0 Å². The number of hydrogen-bond donors (Lipinski definition) is 4. The number of fused-ring (bicyclic) bond motifs is 1. The summed E-state index contributed by atoms with van der Waals surface area (Å²) < 4.78 is 5.55. The molecular weight excluding hydrogens is 493 g/mol. The van der Waals surface area contributed by atoms with Gasteiger partial charge in [-0.15, -0.1) is 24.0 Å². The van der Waals surface area contributed by atoms with Crippen LogP contribution in [0.15, 0.2) is 39.7 Å². The normalized spacial score (nSPS) is 13.7. The highest BCUT2D eigenvalue weighted by Crippen LogP contribution is 2.27. The predicted octanol–water partition coefficient (Wildman–Crippen LogP) is 3.79. The van der Waals surface area contributed by atoms with E-state index in [9.17, 15) is 5.11 Å². The van der Waals surface area contributed by atoms with E-state index >= 15 is 0 Å². The van der Waals surface area contributed by atoms with Crippen LogP contribution < -0.4 is 10.6 Å². The molecule has 30 heavy (non-hydrogen) atoms. The molecule has 164 valence electrons. The summed E-state index contributed by atoms with van der Waals surface area (Å²) in [5.41, 5.74) is 1.76. The SMILES string of the molecule is CCNC(=NCC(C)(O)c1cc(C)oc1C)NCCCc1nc2ccccc2[nH]1.I. The molecule has 0 saturated heterocycles. The van der Waals surface area contributed by atoms with Gasteiger partial charge in [-0.3, -0.25) is 0 Å². The summed E-state index contributed by atoms with van der Waals surface area (Å²) in [4.78, 5) is 12.5. The van der Waals surface area contributed by atoms with Crippen LogP contribution in [-0.2, 0) is 12.0 Å². The van der Waals surface area contributed by atoms with Gasteiger partial charge in [-0.25, -0.2) is 9.98 Å². The molecule has 0 saturated carbocycles. The van der Waals surface area contributed by atoms with Crippen LogP contribution in [0.2, 0.25) is 0 Å². The molecule has 3 rings (SSSR count). The van der Waals surface area contributed by atoms with Gasteiger partial charge in [0.15, 0.2) is 5.96 Å². The first-order valence-electron chi connectivity index (χ1n) is 10.1. The molecule has 8 heteroatoms. The van der Waals surface area contributed by atoms with E-state index in [2.05, 4.69) is 25.6 Å². The zero-order chi connectivity index (χ0) is 20.9. The monoisotopic (exact) mass is 525 g/mol. The Morgan fingerprint density at radius 1 is 1.27 bits per heavy atom. The number of nitrogens with one attached hydrogen (secondary N) is 3. The molecule has 7 nitrogen and oxygen atoms in total. The van der Waals surface area contributed by atoms with Crippen molar-refractivity contribution in [3.8, 4) is 0 Å². The van der Waals surface area contributed by atoms with Crippen molar-refractivity contribution < 1.29 is 9.52 Å². The number of nitrogens with zero attached hydrogens (tertiary/aromatic N) is 2. The zero-order valence-electron chi connectivity index (χ0n) is 18.1. The van der Waals surface area contributed by atoms with Gasteiger partial charge < -0.3 is 25.1 Å². The van der Waals surface area contributed by atoms with Gasteiger partial charge in [0, 0.05) is 25.1 Å².